The highest BCUT2D eigenvalue weighted by Crippen LogP contribution is 2.33. The van der Waals surface area contributed by atoms with E-state index in [0.29, 0.717) is 0 Å². The Morgan fingerprint density at radius 2 is 2.06 bits per heavy atom. The third kappa shape index (κ3) is 3.16. The lowest BCUT2D eigenvalue weighted by atomic mass is 10.2. The van der Waals surface area contributed by atoms with Gasteiger partial charge in [-0.05, 0) is 12.5 Å². The van der Waals surface area contributed by atoms with Gasteiger partial charge in [-0.2, -0.15) is 13.2 Å². The molecule has 0 atom stereocenters. The largest absolute Gasteiger partial charge is 0.444 e. The summed E-state index contributed by atoms with van der Waals surface area (Å²) in [6, 6.07) is 3.83. The molecule has 0 bridgehead atoms. The molecule has 4 nitrogen and oxygen atoms in total. The second-order valence-corrected chi connectivity index (χ2v) is 3.46. The van der Waals surface area contributed by atoms with Crippen molar-refractivity contribution >= 4 is 28.1 Å². The van der Waals surface area contributed by atoms with Gasteiger partial charge < -0.3 is 0 Å². The fraction of sp³-hybridized carbons (Fsp3) is 0.222. The van der Waals surface area contributed by atoms with Crippen molar-refractivity contribution in [3.8, 4) is 0 Å². The minimum Gasteiger partial charge on any atom is -0.258 e. The molecule has 0 fully saturated rings. The number of para-hydroxylation sites is 1. The van der Waals surface area contributed by atoms with Gasteiger partial charge in [0.15, 0.2) is 0 Å². The molecule has 0 aliphatic heterocycles. The van der Waals surface area contributed by atoms with E-state index in [0.717, 1.165) is 6.07 Å². The summed E-state index contributed by atoms with van der Waals surface area (Å²) in [6.07, 6.45) is -4.82. The minimum atomic E-state index is -4.82. The summed E-state index contributed by atoms with van der Waals surface area (Å²) >= 11 is 4.94. The van der Waals surface area contributed by atoms with Crippen LogP contribution in [-0.2, 0) is 0 Å². The maximum absolute atomic E-state index is 12.2. The van der Waals surface area contributed by atoms with Gasteiger partial charge in [0, 0.05) is 6.07 Å². The molecule has 0 aliphatic rings. The number of rotatable bonds is 2. The molecular formula is C9H6ClF3N2O2. The van der Waals surface area contributed by atoms with Gasteiger partial charge in [-0.3, -0.25) is 10.1 Å². The molecule has 1 aromatic carbocycles. The first-order chi connectivity index (χ1) is 7.73. The molecule has 0 aliphatic carbocycles. The van der Waals surface area contributed by atoms with Crippen molar-refractivity contribution < 1.29 is 18.1 Å². The maximum atomic E-state index is 12.2. The molecule has 0 saturated carbocycles. The van der Waals surface area contributed by atoms with E-state index in [1.165, 1.54) is 19.1 Å². The first-order valence-corrected chi connectivity index (χ1v) is 4.66. The van der Waals surface area contributed by atoms with Crippen LogP contribution in [0.4, 0.5) is 24.5 Å². The number of halogens is 4. The molecule has 0 unspecified atom stereocenters. The first kappa shape index (κ1) is 13.4. The summed E-state index contributed by atoms with van der Waals surface area (Å²) < 4.78 is 36.5. The van der Waals surface area contributed by atoms with Crippen LogP contribution in [0.25, 0.3) is 0 Å². The van der Waals surface area contributed by atoms with E-state index in [1.807, 2.05) is 0 Å². The van der Waals surface area contributed by atoms with E-state index < -0.39 is 22.0 Å². The zero-order chi connectivity index (χ0) is 13.2. The molecule has 0 aromatic heterocycles. The number of hydrogen-bond donors (Lipinski definition) is 0. The quantitative estimate of drug-likeness (QED) is 0.465. The van der Waals surface area contributed by atoms with Crippen molar-refractivity contribution in [2.24, 2.45) is 4.99 Å². The SMILES string of the molecule is Cc1cccc([N+](=O)[O-])c1N=C(Cl)C(F)(F)F. The fourth-order valence-corrected chi connectivity index (χ4v) is 1.18. The molecule has 0 heterocycles. The molecule has 0 radical (unpaired) electrons. The summed E-state index contributed by atoms with van der Waals surface area (Å²) in [4.78, 5) is 12.9. The zero-order valence-electron chi connectivity index (χ0n) is 8.45. The molecule has 17 heavy (non-hydrogen) atoms. The van der Waals surface area contributed by atoms with E-state index in [1.54, 1.807) is 0 Å². The van der Waals surface area contributed by atoms with Crippen LogP contribution in [0.15, 0.2) is 23.2 Å². The number of nitro groups is 1. The number of nitrogens with zero attached hydrogens (tertiary/aromatic N) is 2. The van der Waals surface area contributed by atoms with Crippen LogP contribution >= 0.6 is 11.6 Å². The Kier molecular flexibility index (Phi) is 3.72. The molecule has 92 valence electrons. The van der Waals surface area contributed by atoms with Gasteiger partial charge >= 0.3 is 6.18 Å². The summed E-state index contributed by atoms with van der Waals surface area (Å²) in [5.74, 6) is 0. The molecule has 0 spiro atoms. The third-order valence-electron chi connectivity index (χ3n) is 1.86. The summed E-state index contributed by atoms with van der Waals surface area (Å²) in [6.45, 7) is 1.41. The highest BCUT2D eigenvalue weighted by atomic mass is 35.5. The first-order valence-electron chi connectivity index (χ1n) is 4.29. The lowest BCUT2D eigenvalue weighted by molar-refractivity contribution is -0.384. The monoisotopic (exact) mass is 266 g/mol. The second-order valence-electron chi connectivity index (χ2n) is 3.10. The average Bonchev–Trinajstić information content (AvgIpc) is 2.18. The van der Waals surface area contributed by atoms with Crippen LogP contribution in [-0.4, -0.2) is 16.3 Å². The number of benzene rings is 1. The van der Waals surface area contributed by atoms with Crippen LogP contribution in [0.1, 0.15) is 5.56 Å². The van der Waals surface area contributed by atoms with Gasteiger partial charge in [0.25, 0.3) is 5.69 Å². The fourth-order valence-electron chi connectivity index (χ4n) is 1.10. The second kappa shape index (κ2) is 4.70. The number of hydrogen-bond acceptors (Lipinski definition) is 3. The normalized spacial score (nSPS) is 12.6. The zero-order valence-corrected chi connectivity index (χ0v) is 9.21. The van der Waals surface area contributed by atoms with Gasteiger partial charge in [0.1, 0.15) is 5.69 Å². The molecule has 0 N–H and O–H groups in total. The van der Waals surface area contributed by atoms with E-state index in [-0.39, 0.29) is 11.3 Å². The lowest BCUT2D eigenvalue weighted by Crippen LogP contribution is -2.16. The van der Waals surface area contributed by atoms with Gasteiger partial charge in [0.05, 0.1) is 4.92 Å². The number of alkyl halides is 3. The summed E-state index contributed by atoms with van der Waals surface area (Å²) in [5, 5.41) is 8.97. The van der Waals surface area contributed by atoms with Crippen molar-refractivity contribution in [2.45, 2.75) is 13.1 Å². The van der Waals surface area contributed by atoms with Crippen LogP contribution < -0.4 is 0 Å². The predicted molar refractivity (Wildman–Crippen MR) is 56.8 cm³/mol. The van der Waals surface area contributed by atoms with E-state index >= 15 is 0 Å². The standard InChI is InChI=1S/C9H6ClF3N2O2/c1-5-3-2-4-6(15(16)17)7(5)14-8(10)9(11,12)13/h2-4H,1H3. The van der Waals surface area contributed by atoms with Crippen molar-refractivity contribution in [2.75, 3.05) is 0 Å². The predicted octanol–water partition coefficient (Wildman–Crippen LogP) is 3.73. The number of aliphatic imine (C=N–C) groups is 1. The summed E-state index contributed by atoms with van der Waals surface area (Å²) in [5.41, 5.74) is -0.672. The Bertz CT molecular complexity index is 486. The van der Waals surface area contributed by atoms with Crippen LogP contribution in [0.2, 0.25) is 0 Å². The van der Waals surface area contributed by atoms with Gasteiger partial charge in [-0.15, -0.1) is 0 Å². The Balaban J connectivity index is 3.36. The topological polar surface area (TPSA) is 55.5 Å². The minimum absolute atomic E-state index is 0.238. The van der Waals surface area contributed by atoms with Crippen molar-refractivity contribution in [1.82, 2.24) is 0 Å². The molecular weight excluding hydrogens is 261 g/mol. The smallest absolute Gasteiger partial charge is 0.258 e. The number of aryl methyl sites for hydroxylation is 1. The van der Waals surface area contributed by atoms with E-state index in [4.69, 9.17) is 11.6 Å². The van der Waals surface area contributed by atoms with Gasteiger partial charge in [-0.25, -0.2) is 4.99 Å². The lowest BCUT2D eigenvalue weighted by Gasteiger charge is -2.05. The van der Waals surface area contributed by atoms with Gasteiger partial charge in [-0.1, -0.05) is 23.7 Å². The van der Waals surface area contributed by atoms with Crippen molar-refractivity contribution in [1.29, 1.82) is 0 Å². The Morgan fingerprint density at radius 3 is 2.53 bits per heavy atom. The van der Waals surface area contributed by atoms with Gasteiger partial charge in [0.2, 0.25) is 5.17 Å². The average molecular weight is 267 g/mol. The highest BCUT2D eigenvalue weighted by molar-refractivity contribution is 6.67. The summed E-state index contributed by atoms with van der Waals surface area (Å²) in [7, 11) is 0. The molecule has 8 heteroatoms. The van der Waals surface area contributed by atoms with Crippen molar-refractivity contribution in [3.63, 3.8) is 0 Å². The Labute approximate surface area is 98.9 Å². The van der Waals surface area contributed by atoms with E-state index in [9.17, 15) is 23.3 Å². The molecule has 1 rings (SSSR count). The van der Waals surface area contributed by atoms with Crippen LogP contribution in [0, 0.1) is 17.0 Å². The van der Waals surface area contributed by atoms with Crippen molar-refractivity contribution in [3.05, 3.63) is 33.9 Å². The Morgan fingerprint density at radius 1 is 1.47 bits per heavy atom. The van der Waals surface area contributed by atoms with E-state index in [2.05, 4.69) is 4.99 Å². The molecule has 1 aromatic rings. The number of nitro benzene ring substituents is 1. The van der Waals surface area contributed by atoms with Crippen LogP contribution in [0.3, 0.4) is 0 Å². The molecule has 0 amide bonds. The maximum Gasteiger partial charge on any atom is 0.444 e. The van der Waals surface area contributed by atoms with Crippen LogP contribution in [0.5, 0.6) is 0 Å². The third-order valence-corrected chi connectivity index (χ3v) is 2.16. The highest BCUT2D eigenvalue weighted by Gasteiger charge is 2.35. The molecule has 0 saturated heterocycles. The Hall–Kier alpha value is -1.63.